The molecule has 0 saturated carbocycles. The number of carbonyl (C=O) groups excluding carboxylic acids is 1. The average molecular weight is 312 g/mol. The number of thiazole rings is 1. The number of rotatable bonds is 3. The normalized spacial score (nSPS) is 21.1. The van der Waals surface area contributed by atoms with Gasteiger partial charge in [-0.15, -0.1) is 11.3 Å². The van der Waals surface area contributed by atoms with Gasteiger partial charge in [-0.2, -0.15) is 0 Å². The van der Waals surface area contributed by atoms with E-state index in [1.165, 1.54) is 16.7 Å². The maximum absolute atomic E-state index is 12.3. The van der Waals surface area contributed by atoms with Crippen LogP contribution in [0.4, 0.5) is 4.79 Å². The zero-order valence-electron chi connectivity index (χ0n) is 12.4. The van der Waals surface area contributed by atoms with Crippen LogP contribution in [0.5, 0.6) is 0 Å². The van der Waals surface area contributed by atoms with E-state index in [0.29, 0.717) is 11.6 Å². The van der Waals surface area contributed by atoms with Crippen LogP contribution in [0.25, 0.3) is 0 Å². The lowest BCUT2D eigenvalue weighted by atomic mass is 10.2. The van der Waals surface area contributed by atoms with Crippen LogP contribution in [0.3, 0.4) is 0 Å². The Morgan fingerprint density at radius 2 is 2.24 bits per heavy atom. The van der Waals surface area contributed by atoms with Gasteiger partial charge < -0.3 is 20.2 Å². The monoisotopic (exact) mass is 312 g/mol. The van der Waals surface area contributed by atoms with E-state index in [2.05, 4.69) is 15.2 Å². The van der Waals surface area contributed by atoms with Gasteiger partial charge in [-0.05, 0) is 20.9 Å². The van der Waals surface area contributed by atoms with Crippen LogP contribution in [-0.4, -0.2) is 64.6 Å². The molecule has 0 bridgehead atoms. The fourth-order valence-electron chi connectivity index (χ4n) is 2.36. The molecule has 0 aliphatic carbocycles. The number of aromatic nitrogens is 1. The minimum absolute atomic E-state index is 0.0177. The summed E-state index contributed by atoms with van der Waals surface area (Å²) in [7, 11) is 2.04. The minimum Gasteiger partial charge on any atom is -0.476 e. The molecule has 1 saturated heterocycles. The quantitative estimate of drug-likeness (QED) is 0.877. The fraction of sp³-hybridized carbons (Fsp3) is 0.615. The maximum atomic E-state index is 12.3. The summed E-state index contributed by atoms with van der Waals surface area (Å²) in [4.78, 5) is 31.1. The van der Waals surface area contributed by atoms with Gasteiger partial charge >= 0.3 is 12.0 Å². The van der Waals surface area contributed by atoms with Crippen molar-refractivity contribution in [2.24, 2.45) is 0 Å². The van der Waals surface area contributed by atoms with Gasteiger partial charge in [0.15, 0.2) is 5.69 Å². The summed E-state index contributed by atoms with van der Waals surface area (Å²) in [5.74, 6) is -1.05. The molecule has 0 radical (unpaired) electrons. The third-order valence-electron chi connectivity index (χ3n) is 3.54. The molecule has 0 aromatic carbocycles. The Bertz CT molecular complexity index is 533. The number of likely N-dealkylation sites (N-methyl/N-ethyl adjacent to an activating group) is 1. The highest BCUT2D eigenvalue weighted by Crippen LogP contribution is 2.19. The van der Waals surface area contributed by atoms with Gasteiger partial charge in [0.05, 0.1) is 6.04 Å². The molecule has 2 amide bonds. The molecule has 8 heteroatoms. The predicted octanol–water partition coefficient (Wildman–Crippen LogP) is 1.25. The van der Waals surface area contributed by atoms with Gasteiger partial charge in [0, 0.05) is 31.1 Å². The smallest absolute Gasteiger partial charge is 0.355 e. The number of piperazine rings is 1. The lowest BCUT2D eigenvalue weighted by Crippen LogP contribution is -2.55. The maximum Gasteiger partial charge on any atom is 0.355 e. The van der Waals surface area contributed by atoms with E-state index in [-0.39, 0.29) is 23.8 Å². The number of carboxylic acid groups (broad SMARTS) is 1. The second-order valence-corrected chi connectivity index (χ2v) is 6.24. The van der Waals surface area contributed by atoms with Crippen molar-refractivity contribution in [1.82, 2.24) is 20.1 Å². The highest BCUT2D eigenvalue weighted by atomic mass is 32.1. The van der Waals surface area contributed by atoms with Crippen molar-refractivity contribution >= 4 is 23.3 Å². The van der Waals surface area contributed by atoms with Gasteiger partial charge in [-0.1, -0.05) is 0 Å². The van der Waals surface area contributed by atoms with Crippen molar-refractivity contribution in [1.29, 1.82) is 0 Å². The second-order valence-electron chi connectivity index (χ2n) is 5.35. The van der Waals surface area contributed by atoms with Crippen molar-refractivity contribution in [2.75, 3.05) is 26.7 Å². The first kappa shape index (κ1) is 15.7. The molecule has 1 aromatic heterocycles. The van der Waals surface area contributed by atoms with E-state index in [0.717, 1.165) is 13.1 Å². The van der Waals surface area contributed by atoms with Gasteiger partial charge in [0.1, 0.15) is 5.01 Å². The van der Waals surface area contributed by atoms with Crippen molar-refractivity contribution < 1.29 is 14.7 Å². The van der Waals surface area contributed by atoms with Crippen LogP contribution in [0.1, 0.15) is 35.4 Å². The molecule has 0 spiro atoms. The topological polar surface area (TPSA) is 85.8 Å². The van der Waals surface area contributed by atoms with E-state index in [4.69, 9.17) is 5.11 Å². The first-order valence-corrected chi connectivity index (χ1v) is 7.71. The summed E-state index contributed by atoms with van der Waals surface area (Å²) in [5.41, 5.74) is 0.0177. The van der Waals surface area contributed by atoms with Crippen LogP contribution in [0, 0.1) is 0 Å². The lowest BCUT2D eigenvalue weighted by Gasteiger charge is -2.38. The van der Waals surface area contributed by atoms with E-state index in [1.807, 2.05) is 25.8 Å². The van der Waals surface area contributed by atoms with E-state index in [9.17, 15) is 9.59 Å². The molecule has 1 aromatic rings. The third kappa shape index (κ3) is 3.70. The van der Waals surface area contributed by atoms with E-state index in [1.54, 1.807) is 0 Å². The van der Waals surface area contributed by atoms with Crippen molar-refractivity contribution in [3.63, 3.8) is 0 Å². The van der Waals surface area contributed by atoms with Gasteiger partial charge in [-0.3, -0.25) is 0 Å². The lowest BCUT2D eigenvalue weighted by molar-refractivity contribution is 0.0691. The standard InChI is InChI=1S/C13H20N4O3S/c1-8-6-16(3)4-5-17(8)13(20)14-9(2)11-15-10(7-21-11)12(18)19/h7-9H,4-6H2,1-3H3,(H,14,20)(H,18,19). The molecule has 2 unspecified atom stereocenters. The Kier molecular flexibility index (Phi) is 4.79. The van der Waals surface area contributed by atoms with E-state index >= 15 is 0 Å². The Hall–Kier alpha value is -1.67. The number of amides is 2. The molecule has 1 aliphatic rings. The van der Waals surface area contributed by atoms with Crippen molar-refractivity contribution in [3.8, 4) is 0 Å². The molecule has 1 aliphatic heterocycles. The number of carboxylic acids is 1. The number of carbonyl (C=O) groups is 2. The van der Waals surface area contributed by atoms with Gasteiger partial charge in [0.2, 0.25) is 0 Å². The fourth-order valence-corrected chi connectivity index (χ4v) is 3.16. The van der Waals surface area contributed by atoms with E-state index < -0.39 is 5.97 Å². The second kappa shape index (κ2) is 6.40. The largest absolute Gasteiger partial charge is 0.476 e. The number of hydrogen-bond donors (Lipinski definition) is 2. The molecule has 2 N–H and O–H groups in total. The molecule has 116 valence electrons. The molecule has 1 fully saturated rings. The molecular weight excluding hydrogens is 292 g/mol. The van der Waals surface area contributed by atoms with Crippen LogP contribution < -0.4 is 5.32 Å². The Morgan fingerprint density at radius 3 is 2.81 bits per heavy atom. The Labute approximate surface area is 127 Å². The summed E-state index contributed by atoms with van der Waals surface area (Å²) >= 11 is 1.24. The summed E-state index contributed by atoms with van der Waals surface area (Å²) in [6.07, 6.45) is 0. The summed E-state index contributed by atoms with van der Waals surface area (Å²) in [6, 6.07) is -0.278. The molecule has 21 heavy (non-hydrogen) atoms. The van der Waals surface area contributed by atoms with Gasteiger partial charge in [-0.25, -0.2) is 14.6 Å². The van der Waals surface area contributed by atoms with Crippen molar-refractivity contribution in [3.05, 3.63) is 16.1 Å². The highest BCUT2D eigenvalue weighted by molar-refractivity contribution is 7.09. The molecule has 2 heterocycles. The summed E-state index contributed by atoms with van der Waals surface area (Å²) in [5, 5.41) is 13.8. The number of aromatic carboxylic acids is 1. The predicted molar refractivity (Wildman–Crippen MR) is 79.7 cm³/mol. The van der Waals surface area contributed by atoms with Crippen LogP contribution in [0.2, 0.25) is 0 Å². The Morgan fingerprint density at radius 1 is 1.52 bits per heavy atom. The zero-order valence-corrected chi connectivity index (χ0v) is 13.2. The number of urea groups is 1. The third-order valence-corrected chi connectivity index (χ3v) is 4.57. The SMILES string of the molecule is CC(NC(=O)N1CCN(C)CC1C)c1nc(C(=O)O)cs1. The van der Waals surface area contributed by atoms with Crippen molar-refractivity contribution in [2.45, 2.75) is 25.9 Å². The number of hydrogen-bond acceptors (Lipinski definition) is 5. The average Bonchev–Trinajstić information content (AvgIpc) is 2.88. The molecule has 2 rings (SSSR count). The van der Waals surface area contributed by atoms with Gasteiger partial charge in [0.25, 0.3) is 0 Å². The number of nitrogens with zero attached hydrogens (tertiary/aromatic N) is 3. The van der Waals surface area contributed by atoms with Crippen LogP contribution >= 0.6 is 11.3 Å². The summed E-state index contributed by atoms with van der Waals surface area (Å²) < 4.78 is 0. The summed E-state index contributed by atoms with van der Waals surface area (Å²) in [6.45, 7) is 6.22. The van der Waals surface area contributed by atoms with Crippen LogP contribution in [-0.2, 0) is 0 Å². The highest BCUT2D eigenvalue weighted by Gasteiger charge is 2.27. The zero-order chi connectivity index (χ0) is 15.6. The first-order valence-electron chi connectivity index (χ1n) is 6.83. The molecular formula is C13H20N4O3S. The molecule has 2 atom stereocenters. The van der Waals surface area contributed by atoms with Crippen LogP contribution in [0.15, 0.2) is 5.38 Å². The minimum atomic E-state index is -1.05. The molecule has 7 nitrogen and oxygen atoms in total. The Balaban J connectivity index is 1.96. The number of nitrogens with one attached hydrogen (secondary N) is 1. The first-order chi connectivity index (χ1) is 9.88.